The van der Waals surface area contributed by atoms with E-state index in [1.165, 1.54) is 0 Å². The van der Waals surface area contributed by atoms with Crippen molar-refractivity contribution in [3.05, 3.63) is 18.1 Å². The van der Waals surface area contributed by atoms with Gasteiger partial charge in [0.15, 0.2) is 0 Å². The smallest absolute Gasteiger partial charge is 0.225 e. The van der Waals surface area contributed by atoms with Crippen molar-refractivity contribution in [2.24, 2.45) is 5.92 Å². The molecule has 0 N–H and O–H groups in total. The fourth-order valence-corrected chi connectivity index (χ4v) is 3.07. The SMILES string of the molecule is Cc1nccc(OC2CCN(C(=O)C3CCOCC3)CC2)n1. The van der Waals surface area contributed by atoms with Gasteiger partial charge in [0, 0.05) is 57.3 Å². The molecule has 1 aromatic heterocycles. The van der Waals surface area contributed by atoms with Crippen molar-refractivity contribution in [3.63, 3.8) is 0 Å². The summed E-state index contributed by atoms with van der Waals surface area (Å²) in [4.78, 5) is 22.8. The molecule has 120 valence electrons. The Morgan fingerprint density at radius 2 is 2.00 bits per heavy atom. The van der Waals surface area contributed by atoms with E-state index in [1.54, 1.807) is 12.3 Å². The summed E-state index contributed by atoms with van der Waals surface area (Å²) in [5.41, 5.74) is 0. The number of aryl methyl sites for hydroxylation is 1. The predicted molar refractivity (Wildman–Crippen MR) is 80.5 cm³/mol. The van der Waals surface area contributed by atoms with Gasteiger partial charge in [0.25, 0.3) is 0 Å². The zero-order chi connectivity index (χ0) is 15.4. The molecule has 2 fully saturated rings. The average Bonchev–Trinajstić information content (AvgIpc) is 2.56. The minimum atomic E-state index is 0.132. The Hall–Kier alpha value is -1.69. The standard InChI is InChI=1S/C16H23N3O3/c1-12-17-7-2-15(18-12)22-14-3-8-19(9-4-14)16(20)13-5-10-21-11-6-13/h2,7,13-14H,3-6,8-11H2,1H3. The van der Waals surface area contributed by atoms with E-state index in [0.717, 1.165) is 38.8 Å². The number of ether oxygens (including phenoxy) is 2. The maximum Gasteiger partial charge on any atom is 0.225 e. The molecule has 0 atom stereocenters. The fourth-order valence-electron chi connectivity index (χ4n) is 3.07. The van der Waals surface area contributed by atoms with Crippen LogP contribution in [0.3, 0.4) is 0 Å². The Morgan fingerprint density at radius 3 is 2.68 bits per heavy atom. The molecule has 0 saturated carbocycles. The van der Waals surface area contributed by atoms with Crippen LogP contribution in [-0.4, -0.2) is 53.2 Å². The highest BCUT2D eigenvalue weighted by molar-refractivity contribution is 5.79. The number of piperidine rings is 1. The van der Waals surface area contributed by atoms with Crippen LogP contribution in [0.1, 0.15) is 31.5 Å². The molecule has 1 aromatic rings. The Balaban J connectivity index is 1.48. The minimum absolute atomic E-state index is 0.132. The van der Waals surface area contributed by atoms with Crippen LogP contribution in [-0.2, 0) is 9.53 Å². The van der Waals surface area contributed by atoms with Gasteiger partial charge in [-0.2, -0.15) is 4.98 Å². The first-order valence-electron chi connectivity index (χ1n) is 8.05. The highest BCUT2D eigenvalue weighted by Crippen LogP contribution is 2.22. The number of carbonyl (C=O) groups excluding carboxylic acids is 1. The van der Waals surface area contributed by atoms with Crippen LogP contribution >= 0.6 is 0 Å². The Morgan fingerprint density at radius 1 is 1.27 bits per heavy atom. The lowest BCUT2D eigenvalue weighted by molar-refractivity contribution is -0.140. The molecule has 2 aliphatic heterocycles. The fraction of sp³-hybridized carbons (Fsp3) is 0.688. The van der Waals surface area contributed by atoms with E-state index >= 15 is 0 Å². The van der Waals surface area contributed by atoms with E-state index in [-0.39, 0.29) is 12.0 Å². The lowest BCUT2D eigenvalue weighted by Crippen LogP contribution is -2.45. The number of amides is 1. The van der Waals surface area contributed by atoms with Crippen molar-refractivity contribution in [1.82, 2.24) is 14.9 Å². The summed E-state index contributed by atoms with van der Waals surface area (Å²) in [6.07, 6.45) is 5.27. The second-order valence-corrected chi connectivity index (χ2v) is 5.97. The van der Waals surface area contributed by atoms with Crippen LogP contribution in [0.25, 0.3) is 0 Å². The van der Waals surface area contributed by atoms with Crippen molar-refractivity contribution >= 4 is 5.91 Å². The van der Waals surface area contributed by atoms with Gasteiger partial charge >= 0.3 is 0 Å². The van der Waals surface area contributed by atoms with E-state index in [4.69, 9.17) is 9.47 Å². The Labute approximate surface area is 130 Å². The van der Waals surface area contributed by atoms with Crippen LogP contribution in [0, 0.1) is 12.8 Å². The molecule has 3 heterocycles. The van der Waals surface area contributed by atoms with Crippen LogP contribution in [0.4, 0.5) is 0 Å². The van der Waals surface area contributed by atoms with Gasteiger partial charge in [0.1, 0.15) is 11.9 Å². The second-order valence-electron chi connectivity index (χ2n) is 5.97. The minimum Gasteiger partial charge on any atom is -0.474 e. The first-order valence-corrected chi connectivity index (χ1v) is 8.05. The van der Waals surface area contributed by atoms with Crippen molar-refractivity contribution in [2.75, 3.05) is 26.3 Å². The Bertz CT molecular complexity index is 509. The first kappa shape index (κ1) is 15.2. The third-order valence-corrected chi connectivity index (χ3v) is 4.36. The molecule has 1 amide bonds. The second kappa shape index (κ2) is 7.05. The maximum absolute atomic E-state index is 12.5. The summed E-state index contributed by atoms with van der Waals surface area (Å²) in [5, 5.41) is 0. The van der Waals surface area contributed by atoms with Crippen LogP contribution in [0.15, 0.2) is 12.3 Å². The summed E-state index contributed by atoms with van der Waals surface area (Å²) < 4.78 is 11.2. The largest absolute Gasteiger partial charge is 0.474 e. The number of hydrogen-bond donors (Lipinski definition) is 0. The van der Waals surface area contributed by atoms with Crippen molar-refractivity contribution in [3.8, 4) is 5.88 Å². The van der Waals surface area contributed by atoms with Crippen LogP contribution < -0.4 is 4.74 Å². The lowest BCUT2D eigenvalue weighted by atomic mass is 9.97. The molecule has 3 rings (SSSR count). The highest BCUT2D eigenvalue weighted by Gasteiger charge is 2.30. The highest BCUT2D eigenvalue weighted by atomic mass is 16.5. The monoisotopic (exact) mass is 305 g/mol. The van der Waals surface area contributed by atoms with Gasteiger partial charge in [-0.15, -0.1) is 0 Å². The third-order valence-electron chi connectivity index (χ3n) is 4.36. The molecule has 0 aliphatic carbocycles. The third kappa shape index (κ3) is 3.74. The lowest BCUT2D eigenvalue weighted by Gasteiger charge is -2.35. The molecular weight excluding hydrogens is 282 g/mol. The molecule has 0 spiro atoms. The van der Waals surface area contributed by atoms with E-state index in [0.29, 0.717) is 30.8 Å². The zero-order valence-electron chi connectivity index (χ0n) is 13.0. The molecule has 2 aliphatic rings. The molecule has 0 bridgehead atoms. The maximum atomic E-state index is 12.5. The topological polar surface area (TPSA) is 64.5 Å². The van der Waals surface area contributed by atoms with E-state index in [9.17, 15) is 4.79 Å². The molecule has 0 unspecified atom stereocenters. The number of rotatable bonds is 3. The molecule has 22 heavy (non-hydrogen) atoms. The summed E-state index contributed by atoms with van der Waals surface area (Å²) in [6, 6.07) is 1.78. The molecule has 0 radical (unpaired) electrons. The van der Waals surface area contributed by atoms with Gasteiger partial charge in [-0.3, -0.25) is 4.79 Å². The number of carbonyl (C=O) groups is 1. The normalized spacial score (nSPS) is 20.9. The number of hydrogen-bond acceptors (Lipinski definition) is 5. The van der Waals surface area contributed by atoms with Gasteiger partial charge in [-0.1, -0.05) is 0 Å². The van der Waals surface area contributed by atoms with Crippen molar-refractivity contribution in [1.29, 1.82) is 0 Å². The molecule has 0 aromatic carbocycles. The Kier molecular flexibility index (Phi) is 4.87. The summed E-state index contributed by atoms with van der Waals surface area (Å²) >= 11 is 0. The quantitative estimate of drug-likeness (QED) is 0.848. The van der Waals surface area contributed by atoms with E-state index < -0.39 is 0 Å². The molecular formula is C16H23N3O3. The van der Waals surface area contributed by atoms with Gasteiger partial charge in [0.05, 0.1) is 0 Å². The van der Waals surface area contributed by atoms with Crippen molar-refractivity contribution in [2.45, 2.75) is 38.7 Å². The molecule has 6 nitrogen and oxygen atoms in total. The average molecular weight is 305 g/mol. The predicted octanol–water partition coefficient (Wildman–Crippen LogP) is 1.58. The summed E-state index contributed by atoms with van der Waals surface area (Å²) in [7, 11) is 0. The van der Waals surface area contributed by atoms with Gasteiger partial charge in [-0.25, -0.2) is 4.98 Å². The van der Waals surface area contributed by atoms with E-state index in [1.807, 2.05) is 11.8 Å². The molecule has 6 heteroatoms. The summed E-state index contributed by atoms with van der Waals surface area (Å²) in [5.74, 6) is 1.78. The van der Waals surface area contributed by atoms with Gasteiger partial charge in [-0.05, 0) is 19.8 Å². The number of aromatic nitrogens is 2. The van der Waals surface area contributed by atoms with Crippen molar-refractivity contribution < 1.29 is 14.3 Å². The molecule has 2 saturated heterocycles. The van der Waals surface area contributed by atoms with Crippen LogP contribution in [0.5, 0.6) is 5.88 Å². The zero-order valence-corrected chi connectivity index (χ0v) is 13.0. The summed E-state index contributed by atoms with van der Waals surface area (Å²) in [6.45, 7) is 4.81. The number of likely N-dealkylation sites (tertiary alicyclic amines) is 1. The number of nitrogens with zero attached hydrogens (tertiary/aromatic N) is 3. The van der Waals surface area contributed by atoms with Gasteiger partial charge < -0.3 is 14.4 Å². The van der Waals surface area contributed by atoms with E-state index in [2.05, 4.69) is 9.97 Å². The van der Waals surface area contributed by atoms with Gasteiger partial charge in [0.2, 0.25) is 11.8 Å². The first-order chi connectivity index (χ1) is 10.7. The van der Waals surface area contributed by atoms with Crippen LogP contribution in [0.2, 0.25) is 0 Å².